The first-order valence-electron chi connectivity index (χ1n) is 10.6. The van der Waals surface area contributed by atoms with Crippen molar-refractivity contribution in [3.63, 3.8) is 0 Å². The van der Waals surface area contributed by atoms with E-state index in [2.05, 4.69) is 16.9 Å². The molecule has 5 rings (SSSR count). The summed E-state index contributed by atoms with van der Waals surface area (Å²) in [5.74, 6) is 0.902. The number of amides is 1. The molecular formula is C23H26N4OS. The van der Waals surface area contributed by atoms with Crippen molar-refractivity contribution in [1.82, 2.24) is 19.7 Å². The first-order chi connectivity index (χ1) is 14.2. The van der Waals surface area contributed by atoms with Crippen molar-refractivity contribution < 1.29 is 4.79 Å². The van der Waals surface area contributed by atoms with Crippen molar-refractivity contribution in [2.24, 2.45) is 5.92 Å². The number of para-hydroxylation sites is 1. The van der Waals surface area contributed by atoms with Gasteiger partial charge in [-0.1, -0.05) is 25.1 Å². The van der Waals surface area contributed by atoms with Crippen molar-refractivity contribution >= 4 is 17.2 Å². The molecule has 150 valence electrons. The van der Waals surface area contributed by atoms with Crippen LogP contribution >= 0.6 is 11.3 Å². The van der Waals surface area contributed by atoms with Gasteiger partial charge in [-0.3, -0.25) is 4.79 Å². The second kappa shape index (κ2) is 7.75. The van der Waals surface area contributed by atoms with E-state index in [1.54, 1.807) is 0 Å². The van der Waals surface area contributed by atoms with Crippen molar-refractivity contribution in [1.29, 1.82) is 0 Å². The molecule has 0 N–H and O–H groups in total. The molecule has 6 heteroatoms. The first-order valence-corrected chi connectivity index (χ1v) is 11.5. The highest BCUT2D eigenvalue weighted by molar-refractivity contribution is 7.13. The van der Waals surface area contributed by atoms with Crippen LogP contribution in [0.15, 0.2) is 48.1 Å². The maximum atomic E-state index is 13.3. The molecule has 2 aliphatic carbocycles. The lowest BCUT2D eigenvalue weighted by Gasteiger charge is -2.36. The molecule has 0 radical (unpaired) electrons. The number of hydrogen-bond acceptors (Lipinski definition) is 4. The van der Waals surface area contributed by atoms with Gasteiger partial charge in [-0.15, -0.1) is 11.3 Å². The molecule has 0 saturated heterocycles. The van der Waals surface area contributed by atoms with E-state index in [-0.39, 0.29) is 5.91 Å². The van der Waals surface area contributed by atoms with E-state index in [0.29, 0.717) is 17.8 Å². The van der Waals surface area contributed by atoms with Crippen LogP contribution in [-0.4, -0.2) is 37.7 Å². The molecule has 2 aliphatic rings. The maximum Gasteiger partial charge on any atom is 0.273 e. The molecule has 2 aromatic heterocycles. The number of nitrogens with zero attached hydrogens (tertiary/aromatic N) is 4. The third kappa shape index (κ3) is 3.86. The Bertz CT molecular complexity index is 983. The molecule has 2 saturated carbocycles. The fourth-order valence-electron chi connectivity index (χ4n) is 4.30. The molecule has 1 aromatic carbocycles. The van der Waals surface area contributed by atoms with E-state index in [4.69, 9.17) is 4.98 Å². The van der Waals surface area contributed by atoms with Gasteiger partial charge >= 0.3 is 0 Å². The predicted molar refractivity (Wildman–Crippen MR) is 115 cm³/mol. The van der Waals surface area contributed by atoms with Crippen molar-refractivity contribution in [2.45, 2.75) is 57.5 Å². The Labute approximate surface area is 175 Å². The van der Waals surface area contributed by atoms with Gasteiger partial charge in [0.1, 0.15) is 10.7 Å². The molecule has 5 nitrogen and oxygen atoms in total. The van der Waals surface area contributed by atoms with Crippen molar-refractivity contribution in [3.8, 4) is 16.3 Å². The Morgan fingerprint density at radius 3 is 2.45 bits per heavy atom. The van der Waals surface area contributed by atoms with Gasteiger partial charge in [-0.2, -0.15) is 5.10 Å². The maximum absolute atomic E-state index is 13.3. The molecule has 1 amide bonds. The average Bonchev–Trinajstić information content (AvgIpc) is 3.26. The second-order valence-electron chi connectivity index (χ2n) is 8.40. The minimum absolute atomic E-state index is 0.116. The van der Waals surface area contributed by atoms with Gasteiger partial charge in [0.25, 0.3) is 5.91 Å². The lowest BCUT2D eigenvalue weighted by Crippen LogP contribution is -2.43. The van der Waals surface area contributed by atoms with Gasteiger partial charge in [0, 0.05) is 29.2 Å². The average molecular weight is 407 g/mol. The quantitative estimate of drug-likeness (QED) is 0.587. The highest BCUT2D eigenvalue weighted by atomic mass is 32.1. The van der Waals surface area contributed by atoms with E-state index in [0.717, 1.165) is 47.9 Å². The second-order valence-corrected chi connectivity index (χ2v) is 9.26. The zero-order valence-corrected chi connectivity index (χ0v) is 17.5. The smallest absolute Gasteiger partial charge is 0.273 e. The van der Waals surface area contributed by atoms with Gasteiger partial charge in [0.05, 0.1) is 11.9 Å². The highest BCUT2D eigenvalue weighted by Gasteiger charge is 2.39. The summed E-state index contributed by atoms with van der Waals surface area (Å²) in [5.41, 5.74) is 2.54. The van der Waals surface area contributed by atoms with Crippen LogP contribution in [0.2, 0.25) is 0 Å². The van der Waals surface area contributed by atoms with Gasteiger partial charge < -0.3 is 4.90 Å². The Balaban J connectivity index is 1.35. The van der Waals surface area contributed by atoms with Crippen LogP contribution < -0.4 is 0 Å². The zero-order chi connectivity index (χ0) is 19.8. The molecule has 2 heterocycles. The van der Waals surface area contributed by atoms with Crippen LogP contribution in [0.25, 0.3) is 16.3 Å². The van der Waals surface area contributed by atoms with Crippen molar-refractivity contribution in [3.05, 3.63) is 53.8 Å². The van der Waals surface area contributed by atoms with Crippen LogP contribution in [0.5, 0.6) is 0 Å². The van der Waals surface area contributed by atoms with Gasteiger partial charge in [0.2, 0.25) is 0 Å². The minimum Gasteiger partial charge on any atom is -0.331 e. The lowest BCUT2D eigenvalue weighted by atomic mass is 9.86. The summed E-state index contributed by atoms with van der Waals surface area (Å²) in [4.78, 5) is 20.2. The number of benzene rings is 1. The normalized spacial score (nSPS) is 21.8. The summed E-state index contributed by atoms with van der Waals surface area (Å²) < 4.78 is 1.85. The molecule has 0 spiro atoms. The summed E-state index contributed by atoms with van der Waals surface area (Å²) in [6, 6.07) is 10.8. The van der Waals surface area contributed by atoms with Crippen LogP contribution in [0.1, 0.15) is 55.9 Å². The molecular weight excluding hydrogens is 380 g/mol. The SMILES string of the molecule is CC1CCC(N(C(=O)c2csc(-c3cnn(-c4ccccc4)c3)n2)C2CC2)CC1. The van der Waals surface area contributed by atoms with E-state index < -0.39 is 0 Å². The molecule has 0 unspecified atom stereocenters. The first kappa shape index (κ1) is 18.6. The van der Waals surface area contributed by atoms with E-state index in [1.165, 1.54) is 24.2 Å². The lowest BCUT2D eigenvalue weighted by molar-refractivity contribution is 0.0588. The summed E-state index contributed by atoms with van der Waals surface area (Å²) in [7, 11) is 0. The Morgan fingerprint density at radius 2 is 1.76 bits per heavy atom. The molecule has 0 aliphatic heterocycles. The standard InChI is InChI=1S/C23H26N4OS/c1-16-7-9-19(10-8-16)27(20-11-12-20)23(28)21-15-29-22(25-21)17-13-24-26(14-17)18-5-3-2-4-6-18/h2-6,13-16,19-20H,7-12H2,1H3. The summed E-state index contributed by atoms with van der Waals surface area (Å²) in [5, 5.41) is 7.22. The minimum atomic E-state index is 0.116. The molecule has 0 bridgehead atoms. The largest absolute Gasteiger partial charge is 0.331 e. The Morgan fingerprint density at radius 1 is 1.07 bits per heavy atom. The predicted octanol–water partition coefficient (Wildman–Crippen LogP) is 5.18. The number of rotatable bonds is 5. The van der Waals surface area contributed by atoms with Gasteiger partial charge in [0.15, 0.2) is 0 Å². The number of carbonyl (C=O) groups is 1. The van der Waals surface area contributed by atoms with E-state index >= 15 is 0 Å². The van der Waals surface area contributed by atoms with E-state index in [9.17, 15) is 4.79 Å². The topological polar surface area (TPSA) is 51.0 Å². The molecule has 0 atom stereocenters. The summed E-state index contributed by atoms with van der Waals surface area (Å²) >= 11 is 1.52. The summed E-state index contributed by atoms with van der Waals surface area (Å²) in [6.07, 6.45) is 10.8. The van der Waals surface area contributed by atoms with Crippen molar-refractivity contribution in [2.75, 3.05) is 0 Å². The van der Waals surface area contributed by atoms with Crippen LogP contribution in [0.4, 0.5) is 0 Å². The number of aromatic nitrogens is 3. The van der Waals surface area contributed by atoms with Crippen LogP contribution in [0, 0.1) is 5.92 Å². The third-order valence-corrected chi connectivity index (χ3v) is 7.02. The Hall–Kier alpha value is -2.47. The monoisotopic (exact) mass is 406 g/mol. The molecule has 2 fully saturated rings. The third-order valence-electron chi connectivity index (χ3n) is 6.13. The molecule has 29 heavy (non-hydrogen) atoms. The van der Waals surface area contributed by atoms with Crippen LogP contribution in [0.3, 0.4) is 0 Å². The fraction of sp³-hybridized carbons (Fsp3) is 0.435. The van der Waals surface area contributed by atoms with E-state index in [1.807, 2.05) is 52.8 Å². The van der Waals surface area contributed by atoms with Gasteiger partial charge in [-0.05, 0) is 56.6 Å². The summed E-state index contributed by atoms with van der Waals surface area (Å²) in [6.45, 7) is 2.32. The highest BCUT2D eigenvalue weighted by Crippen LogP contribution is 2.36. The van der Waals surface area contributed by atoms with Crippen LogP contribution in [-0.2, 0) is 0 Å². The number of thiazole rings is 1. The zero-order valence-electron chi connectivity index (χ0n) is 16.7. The fourth-order valence-corrected chi connectivity index (χ4v) is 5.06. The van der Waals surface area contributed by atoms with Gasteiger partial charge in [-0.25, -0.2) is 9.67 Å². The number of hydrogen-bond donors (Lipinski definition) is 0. The Kier molecular flexibility index (Phi) is 4.96. The molecule has 3 aromatic rings. The number of carbonyl (C=O) groups excluding carboxylic acids is 1.